The van der Waals surface area contributed by atoms with Crippen LogP contribution in [0.4, 0.5) is 6.01 Å². The van der Waals surface area contributed by atoms with Gasteiger partial charge in [0.05, 0.1) is 5.69 Å². The lowest BCUT2D eigenvalue weighted by molar-refractivity contribution is 0.542. The molecule has 0 aromatic carbocycles. The fourth-order valence-electron chi connectivity index (χ4n) is 1.35. The fourth-order valence-corrected chi connectivity index (χ4v) is 1.35. The summed E-state index contributed by atoms with van der Waals surface area (Å²) in [6.07, 6.45) is 4.20. The molecule has 0 amide bonds. The molecule has 84 valence electrons. The number of aromatic nitrogens is 1. The molecule has 0 bridgehead atoms. The normalized spacial score (nSPS) is 15.9. The Balaban J connectivity index is 1.73. The highest BCUT2D eigenvalue weighted by molar-refractivity contribution is 5.25. The Bertz CT molecular complexity index is 305. The van der Waals surface area contributed by atoms with Crippen molar-refractivity contribution in [3.05, 3.63) is 12.0 Å². The van der Waals surface area contributed by atoms with E-state index in [4.69, 9.17) is 4.42 Å². The molecule has 0 saturated heterocycles. The number of nitrogens with zero attached hydrogens (tertiary/aromatic N) is 1. The van der Waals surface area contributed by atoms with Crippen molar-refractivity contribution in [1.29, 1.82) is 0 Å². The summed E-state index contributed by atoms with van der Waals surface area (Å²) in [5, 5.41) is 6.56. The van der Waals surface area contributed by atoms with Crippen LogP contribution in [0, 0.1) is 5.92 Å². The maximum absolute atomic E-state index is 5.31. The summed E-state index contributed by atoms with van der Waals surface area (Å²) >= 11 is 0. The Morgan fingerprint density at radius 3 is 3.00 bits per heavy atom. The van der Waals surface area contributed by atoms with Crippen molar-refractivity contribution in [1.82, 2.24) is 10.3 Å². The molecule has 4 nitrogen and oxygen atoms in total. The molecule has 1 aliphatic carbocycles. The van der Waals surface area contributed by atoms with E-state index in [9.17, 15) is 0 Å². The van der Waals surface area contributed by atoms with Crippen molar-refractivity contribution < 1.29 is 4.42 Å². The van der Waals surface area contributed by atoms with Crippen molar-refractivity contribution in [3.8, 4) is 0 Å². The molecule has 4 heteroatoms. The van der Waals surface area contributed by atoms with E-state index in [0.29, 0.717) is 18.0 Å². The first-order valence-corrected chi connectivity index (χ1v) is 5.65. The average molecular weight is 209 g/mol. The Hall–Kier alpha value is -1.03. The molecule has 0 atom stereocenters. The number of hydrogen-bond donors (Lipinski definition) is 2. The molecule has 0 unspecified atom stereocenters. The van der Waals surface area contributed by atoms with Crippen LogP contribution in [0.2, 0.25) is 0 Å². The second kappa shape index (κ2) is 4.66. The average Bonchev–Trinajstić information content (AvgIpc) is 2.86. The smallest absolute Gasteiger partial charge is 0.294 e. The van der Waals surface area contributed by atoms with E-state index in [0.717, 1.165) is 18.8 Å². The molecule has 0 radical (unpaired) electrons. The predicted molar refractivity (Wildman–Crippen MR) is 59.7 cm³/mol. The van der Waals surface area contributed by atoms with Gasteiger partial charge in [-0.05, 0) is 25.3 Å². The molecule has 2 rings (SSSR count). The Kier molecular flexibility index (Phi) is 3.26. The van der Waals surface area contributed by atoms with Gasteiger partial charge < -0.3 is 15.1 Å². The van der Waals surface area contributed by atoms with Gasteiger partial charge in [-0.15, -0.1) is 0 Å². The molecule has 1 aromatic rings. The molecular weight excluding hydrogens is 190 g/mol. The quantitative estimate of drug-likeness (QED) is 0.752. The summed E-state index contributed by atoms with van der Waals surface area (Å²) in [6, 6.07) is 1.26. The van der Waals surface area contributed by atoms with Crippen molar-refractivity contribution in [2.45, 2.75) is 39.3 Å². The first-order chi connectivity index (χ1) is 7.24. The van der Waals surface area contributed by atoms with Crippen molar-refractivity contribution in [2.24, 2.45) is 5.92 Å². The van der Waals surface area contributed by atoms with Crippen molar-refractivity contribution in [2.75, 3.05) is 11.9 Å². The first kappa shape index (κ1) is 10.5. The van der Waals surface area contributed by atoms with Gasteiger partial charge in [-0.2, -0.15) is 4.98 Å². The number of anilines is 1. The number of nitrogens with one attached hydrogen (secondary N) is 2. The van der Waals surface area contributed by atoms with Crippen LogP contribution in [-0.2, 0) is 6.54 Å². The van der Waals surface area contributed by atoms with Gasteiger partial charge in [-0.3, -0.25) is 0 Å². The highest BCUT2D eigenvalue weighted by atomic mass is 16.4. The second-order valence-electron chi connectivity index (χ2n) is 4.59. The highest BCUT2D eigenvalue weighted by Crippen LogP contribution is 2.23. The van der Waals surface area contributed by atoms with Gasteiger partial charge in [0, 0.05) is 12.6 Å². The van der Waals surface area contributed by atoms with Crippen molar-refractivity contribution in [3.63, 3.8) is 0 Å². The van der Waals surface area contributed by atoms with Crippen LogP contribution >= 0.6 is 0 Å². The van der Waals surface area contributed by atoms with Gasteiger partial charge in [0.2, 0.25) is 0 Å². The minimum absolute atomic E-state index is 0.597. The van der Waals surface area contributed by atoms with Crippen LogP contribution in [-0.4, -0.2) is 17.6 Å². The van der Waals surface area contributed by atoms with Crippen LogP contribution in [0.15, 0.2) is 10.7 Å². The molecule has 1 aromatic heterocycles. The molecule has 1 fully saturated rings. The lowest BCUT2D eigenvalue weighted by Crippen LogP contribution is -2.19. The van der Waals surface area contributed by atoms with Gasteiger partial charge in [0.1, 0.15) is 6.26 Å². The minimum Gasteiger partial charge on any atom is -0.432 e. The monoisotopic (exact) mass is 209 g/mol. The van der Waals surface area contributed by atoms with Gasteiger partial charge in [-0.25, -0.2) is 0 Å². The van der Waals surface area contributed by atoms with Crippen LogP contribution in [0.3, 0.4) is 0 Å². The molecule has 0 spiro atoms. The van der Waals surface area contributed by atoms with E-state index in [1.165, 1.54) is 12.8 Å². The molecule has 15 heavy (non-hydrogen) atoms. The molecule has 1 aliphatic rings. The summed E-state index contributed by atoms with van der Waals surface area (Å²) in [4.78, 5) is 4.35. The van der Waals surface area contributed by atoms with E-state index in [2.05, 4.69) is 29.5 Å². The standard InChI is InChI=1S/C11H19N3O/c1-8(2)5-12-6-10-7-15-11(14-10)13-9-3-4-9/h7-9,12H,3-6H2,1-2H3,(H,13,14). The topological polar surface area (TPSA) is 50.1 Å². The van der Waals surface area contributed by atoms with E-state index in [-0.39, 0.29) is 0 Å². The summed E-state index contributed by atoms with van der Waals surface area (Å²) in [6.45, 7) is 6.18. The zero-order chi connectivity index (χ0) is 10.7. The number of oxazole rings is 1. The summed E-state index contributed by atoms with van der Waals surface area (Å²) in [5.74, 6) is 0.668. The SMILES string of the molecule is CC(C)CNCc1coc(NC2CC2)n1. The van der Waals surface area contributed by atoms with Crippen LogP contribution in [0.5, 0.6) is 0 Å². The summed E-state index contributed by atoms with van der Waals surface area (Å²) in [7, 11) is 0. The molecule has 0 aliphatic heterocycles. The molecule has 2 N–H and O–H groups in total. The summed E-state index contributed by atoms with van der Waals surface area (Å²) in [5.41, 5.74) is 0.971. The number of rotatable bonds is 6. The molecular formula is C11H19N3O. The maximum Gasteiger partial charge on any atom is 0.294 e. The third-order valence-electron chi connectivity index (χ3n) is 2.32. The first-order valence-electron chi connectivity index (χ1n) is 5.65. The van der Waals surface area contributed by atoms with E-state index < -0.39 is 0 Å². The summed E-state index contributed by atoms with van der Waals surface area (Å²) < 4.78 is 5.31. The van der Waals surface area contributed by atoms with Crippen LogP contribution in [0.25, 0.3) is 0 Å². The predicted octanol–water partition coefficient (Wildman–Crippen LogP) is 1.99. The third-order valence-corrected chi connectivity index (χ3v) is 2.32. The Morgan fingerprint density at radius 1 is 1.53 bits per heavy atom. The molecule has 1 saturated carbocycles. The Labute approximate surface area is 90.5 Å². The zero-order valence-corrected chi connectivity index (χ0v) is 9.42. The number of hydrogen-bond acceptors (Lipinski definition) is 4. The van der Waals surface area contributed by atoms with Crippen LogP contribution in [0.1, 0.15) is 32.4 Å². The third kappa shape index (κ3) is 3.55. The lowest BCUT2D eigenvalue weighted by atomic mass is 10.2. The largest absolute Gasteiger partial charge is 0.432 e. The van der Waals surface area contributed by atoms with E-state index in [1.54, 1.807) is 6.26 Å². The maximum atomic E-state index is 5.31. The Morgan fingerprint density at radius 2 is 2.33 bits per heavy atom. The van der Waals surface area contributed by atoms with Gasteiger partial charge in [0.25, 0.3) is 6.01 Å². The zero-order valence-electron chi connectivity index (χ0n) is 9.42. The lowest BCUT2D eigenvalue weighted by Gasteiger charge is -2.04. The fraction of sp³-hybridized carbons (Fsp3) is 0.727. The molecule has 1 heterocycles. The minimum atomic E-state index is 0.597. The van der Waals surface area contributed by atoms with E-state index >= 15 is 0 Å². The van der Waals surface area contributed by atoms with Crippen LogP contribution < -0.4 is 10.6 Å². The van der Waals surface area contributed by atoms with Gasteiger partial charge in [-0.1, -0.05) is 13.8 Å². The van der Waals surface area contributed by atoms with Crippen molar-refractivity contribution >= 4 is 6.01 Å². The van der Waals surface area contributed by atoms with E-state index in [1.807, 2.05) is 0 Å². The van der Waals surface area contributed by atoms with Gasteiger partial charge >= 0.3 is 0 Å². The van der Waals surface area contributed by atoms with Gasteiger partial charge in [0.15, 0.2) is 0 Å². The second-order valence-corrected chi connectivity index (χ2v) is 4.59. The highest BCUT2D eigenvalue weighted by Gasteiger charge is 2.22.